The number of thioether (sulfide) groups is 1. The predicted molar refractivity (Wildman–Crippen MR) is 96.1 cm³/mol. The van der Waals surface area contributed by atoms with Crippen LogP contribution in [0.5, 0.6) is 5.75 Å². The van der Waals surface area contributed by atoms with E-state index in [1.54, 1.807) is 23.6 Å². The summed E-state index contributed by atoms with van der Waals surface area (Å²) in [7, 11) is 1.48. The van der Waals surface area contributed by atoms with E-state index in [4.69, 9.17) is 9.47 Å². The number of ether oxygens (including phenoxy) is 2. The Kier molecular flexibility index (Phi) is 6.72. The number of carbonyl (C=O) groups is 2. The third kappa shape index (κ3) is 4.67. The van der Waals surface area contributed by atoms with Gasteiger partial charge in [0.05, 0.1) is 6.61 Å². The Bertz CT molecular complexity index is 602. The lowest BCUT2D eigenvalue weighted by Crippen LogP contribution is -2.54. The molecule has 0 radical (unpaired) electrons. The number of rotatable bonds is 7. The van der Waals surface area contributed by atoms with Crippen molar-refractivity contribution in [2.75, 3.05) is 33.1 Å². The molecule has 1 fully saturated rings. The minimum atomic E-state index is -1.04. The van der Waals surface area contributed by atoms with Crippen molar-refractivity contribution >= 4 is 23.6 Å². The molecule has 138 valence electrons. The molecule has 1 aliphatic rings. The molecule has 0 bridgehead atoms. The third-order valence-corrected chi connectivity index (χ3v) is 5.23. The minimum Gasteiger partial charge on any atom is -0.481 e. The molecule has 6 nitrogen and oxygen atoms in total. The normalized spacial score (nSPS) is 21.6. The first-order valence-electron chi connectivity index (χ1n) is 8.24. The molecular weight excluding hydrogens is 342 g/mol. The molecule has 2 unspecified atom stereocenters. The first-order chi connectivity index (χ1) is 11.9. The van der Waals surface area contributed by atoms with Crippen LogP contribution in [0.25, 0.3) is 0 Å². The van der Waals surface area contributed by atoms with Crippen LogP contribution in [0.2, 0.25) is 0 Å². The Morgan fingerprint density at radius 1 is 1.36 bits per heavy atom. The smallest absolute Gasteiger partial charge is 0.313 e. The van der Waals surface area contributed by atoms with Crippen LogP contribution in [0, 0.1) is 5.41 Å². The maximum Gasteiger partial charge on any atom is 0.313 e. The molecule has 2 atom stereocenters. The molecule has 1 aromatic rings. The average Bonchev–Trinajstić information content (AvgIpc) is 2.62. The van der Waals surface area contributed by atoms with Crippen molar-refractivity contribution in [1.29, 1.82) is 0 Å². The third-order valence-electron chi connectivity index (χ3n) is 4.48. The summed E-state index contributed by atoms with van der Waals surface area (Å²) in [5.41, 5.74) is -1.04. The van der Waals surface area contributed by atoms with Crippen LogP contribution in [-0.4, -0.2) is 61.0 Å². The van der Waals surface area contributed by atoms with E-state index in [0.717, 1.165) is 4.90 Å². The van der Waals surface area contributed by atoms with Gasteiger partial charge in [-0.2, -0.15) is 0 Å². The summed E-state index contributed by atoms with van der Waals surface area (Å²) in [5.74, 6) is -0.500. The SMILES string of the molecule is COCC1(C(=O)O)CCCN(C(=O)C(C)Oc2ccc(SC)cc2)C1. The van der Waals surface area contributed by atoms with E-state index in [1.807, 2.05) is 30.5 Å². The summed E-state index contributed by atoms with van der Waals surface area (Å²) < 4.78 is 10.8. The number of hydrogen-bond donors (Lipinski definition) is 1. The van der Waals surface area contributed by atoms with Crippen molar-refractivity contribution in [2.24, 2.45) is 5.41 Å². The number of carboxylic acids is 1. The molecule has 2 rings (SSSR count). The highest BCUT2D eigenvalue weighted by molar-refractivity contribution is 7.98. The van der Waals surface area contributed by atoms with E-state index < -0.39 is 17.5 Å². The fourth-order valence-corrected chi connectivity index (χ4v) is 3.52. The van der Waals surface area contributed by atoms with Gasteiger partial charge in [-0.3, -0.25) is 9.59 Å². The van der Waals surface area contributed by atoms with E-state index in [-0.39, 0.29) is 19.1 Å². The maximum atomic E-state index is 12.7. The van der Waals surface area contributed by atoms with Gasteiger partial charge in [-0.25, -0.2) is 0 Å². The number of amides is 1. The van der Waals surface area contributed by atoms with Crippen LogP contribution in [0.3, 0.4) is 0 Å². The molecule has 0 spiro atoms. The average molecular weight is 367 g/mol. The first kappa shape index (κ1) is 19.6. The molecule has 1 heterocycles. The summed E-state index contributed by atoms with van der Waals surface area (Å²) in [6, 6.07) is 7.54. The molecule has 1 aromatic carbocycles. The number of likely N-dealkylation sites (tertiary alicyclic amines) is 1. The van der Waals surface area contributed by atoms with E-state index >= 15 is 0 Å². The number of aliphatic carboxylic acids is 1. The van der Waals surface area contributed by atoms with Gasteiger partial charge >= 0.3 is 5.97 Å². The Hall–Kier alpha value is -1.73. The van der Waals surface area contributed by atoms with Crippen molar-refractivity contribution in [2.45, 2.75) is 30.8 Å². The second-order valence-electron chi connectivity index (χ2n) is 6.32. The molecule has 7 heteroatoms. The second kappa shape index (κ2) is 8.58. The number of carboxylic acid groups (broad SMARTS) is 1. The maximum absolute atomic E-state index is 12.7. The van der Waals surface area contributed by atoms with Gasteiger partial charge in [0.25, 0.3) is 5.91 Å². The number of benzene rings is 1. The fourth-order valence-electron chi connectivity index (χ4n) is 3.12. The lowest BCUT2D eigenvalue weighted by Gasteiger charge is -2.40. The van der Waals surface area contributed by atoms with Gasteiger partial charge in [0.15, 0.2) is 6.10 Å². The van der Waals surface area contributed by atoms with Gasteiger partial charge < -0.3 is 19.5 Å². The van der Waals surface area contributed by atoms with Crippen molar-refractivity contribution < 1.29 is 24.2 Å². The first-order valence-corrected chi connectivity index (χ1v) is 9.46. The molecular formula is C18H25NO5S. The van der Waals surface area contributed by atoms with Crippen LogP contribution >= 0.6 is 11.8 Å². The quantitative estimate of drug-likeness (QED) is 0.747. The number of methoxy groups -OCH3 is 1. The lowest BCUT2D eigenvalue weighted by atomic mass is 9.80. The molecule has 0 aromatic heterocycles. The summed E-state index contributed by atoms with van der Waals surface area (Å²) in [6.07, 6.45) is 2.46. The minimum absolute atomic E-state index is 0.0947. The summed E-state index contributed by atoms with van der Waals surface area (Å²) in [5, 5.41) is 9.59. The van der Waals surface area contributed by atoms with E-state index in [0.29, 0.717) is 25.1 Å². The highest BCUT2D eigenvalue weighted by atomic mass is 32.2. The highest BCUT2D eigenvalue weighted by Gasteiger charge is 2.44. The van der Waals surface area contributed by atoms with Gasteiger partial charge in [-0.05, 0) is 50.3 Å². The fraction of sp³-hybridized carbons (Fsp3) is 0.556. The van der Waals surface area contributed by atoms with Gasteiger partial charge in [-0.1, -0.05) is 0 Å². The number of carbonyl (C=O) groups excluding carboxylic acids is 1. The van der Waals surface area contributed by atoms with Crippen LogP contribution in [0.1, 0.15) is 19.8 Å². The molecule has 0 aliphatic carbocycles. The second-order valence-corrected chi connectivity index (χ2v) is 7.20. The van der Waals surface area contributed by atoms with Crippen LogP contribution < -0.4 is 4.74 Å². The van der Waals surface area contributed by atoms with E-state index in [9.17, 15) is 14.7 Å². The number of nitrogens with zero attached hydrogens (tertiary/aromatic N) is 1. The van der Waals surface area contributed by atoms with Gasteiger partial charge in [0.2, 0.25) is 0 Å². The Balaban J connectivity index is 2.03. The molecule has 1 N–H and O–H groups in total. The topological polar surface area (TPSA) is 76.1 Å². The van der Waals surface area contributed by atoms with Crippen LogP contribution in [0.15, 0.2) is 29.2 Å². The zero-order chi connectivity index (χ0) is 18.4. The summed E-state index contributed by atoms with van der Waals surface area (Å²) in [6.45, 7) is 2.47. The van der Waals surface area contributed by atoms with Gasteiger partial charge in [-0.15, -0.1) is 11.8 Å². The van der Waals surface area contributed by atoms with Gasteiger partial charge in [0, 0.05) is 25.1 Å². The predicted octanol–water partition coefficient (Wildman–Crippen LogP) is 2.52. The Labute approximate surface area is 152 Å². The standard InChI is InChI=1S/C18H25NO5S/c1-13(24-14-5-7-15(25-3)8-6-14)16(20)19-10-4-9-18(11-19,12-23-2)17(21)22/h5-8,13H,4,9-12H2,1-3H3,(H,21,22). The summed E-state index contributed by atoms with van der Waals surface area (Å²) >= 11 is 1.63. The van der Waals surface area contributed by atoms with Crippen LogP contribution in [0.4, 0.5) is 0 Å². The van der Waals surface area contributed by atoms with Crippen molar-refractivity contribution in [1.82, 2.24) is 4.90 Å². The van der Waals surface area contributed by atoms with Crippen molar-refractivity contribution in [3.05, 3.63) is 24.3 Å². The van der Waals surface area contributed by atoms with Crippen molar-refractivity contribution in [3.8, 4) is 5.75 Å². The molecule has 0 saturated carbocycles. The highest BCUT2D eigenvalue weighted by Crippen LogP contribution is 2.31. The van der Waals surface area contributed by atoms with E-state index in [2.05, 4.69) is 0 Å². The summed E-state index contributed by atoms with van der Waals surface area (Å²) in [4.78, 5) is 27.1. The lowest BCUT2D eigenvalue weighted by molar-refractivity contribution is -0.160. The Morgan fingerprint density at radius 3 is 2.60 bits per heavy atom. The van der Waals surface area contributed by atoms with Crippen LogP contribution in [-0.2, 0) is 14.3 Å². The number of hydrogen-bond acceptors (Lipinski definition) is 5. The van der Waals surface area contributed by atoms with Crippen molar-refractivity contribution in [3.63, 3.8) is 0 Å². The Morgan fingerprint density at radius 2 is 2.04 bits per heavy atom. The number of piperidine rings is 1. The van der Waals surface area contributed by atoms with E-state index in [1.165, 1.54) is 7.11 Å². The molecule has 1 saturated heterocycles. The zero-order valence-corrected chi connectivity index (χ0v) is 15.7. The largest absolute Gasteiger partial charge is 0.481 e. The molecule has 1 amide bonds. The monoisotopic (exact) mass is 367 g/mol. The molecule has 25 heavy (non-hydrogen) atoms. The molecule has 1 aliphatic heterocycles. The van der Waals surface area contributed by atoms with Gasteiger partial charge in [0.1, 0.15) is 11.2 Å². The zero-order valence-electron chi connectivity index (χ0n) is 14.9.